The van der Waals surface area contributed by atoms with Crippen LogP contribution in [-0.4, -0.2) is 51.3 Å². The summed E-state index contributed by atoms with van der Waals surface area (Å²) >= 11 is 24.2. The van der Waals surface area contributed by atoms with Crippen LogP contribution in [0.15, 0.2) is 29.2 Å². The molecule has 0 saturated carbocycles. The molecule has 11 heteroatoms. The molecule has 0 aliphatic carbocycles. The Balaban J connectivity index is 2.10. The fourth-order valence-electron chi connectivity index (χ4n) is 2.23. The molecule has 1 aromatic rings. The molecule has 1 atom stereocenters. The number of nitrogens with one attached hydrogen (secondary N) is 1. The Labute approximate surface area is 193 Å². The maximum atomic E-state index is 12.5. The van der Waals surface area contributed by atoms with Crippen LogP contribution in [0.2, 0.25) is 0 Å². The maximum Gasteiger partial charge on any atom is 0.266 e. The number of ether oxygens (including phenoxy) is 2. The van der Waals surface area contributed by atoms with E-state index >= 15 is 0 Å². The van der Waals surface area contributed by atoms with Gasteiger partial charge in [-0.15, -0.1) is 0 Å². The minimum absolute atomic E-state index is 0.157. The second-order valence-corrected chi connectivity index (χ2v) is 9.90. The topological polar surface area (TPSA) is 67.9 Å². The Bertz CT molecular complexity index is 797. The first-order valence-electron chi connectivity index (χ1n) is 8.52. The van der Waals surface area contributed by atoms with Gasteiger partial charge in [-0.05, 0) is 23.8 Å². The van der Waals surface area contributed by atoms with Gasteiger partial charge in [0.1, 0.15) is 10.1 Å². The summed E-state index contributed by atoms with van der Waals surface area (Å²) in [6, 6.07) is 6.79. The highest BCUT2D eigenvalue weighted by molar-refractivity contribution is 8.26. The van der Waals surface area contributed by atoms with Gasteiger partial charge in [-0.3, -0.25) is 14.5 Å². The monoisotopic (exact) mass is 496 g/mol. The van der Waals surface area contributed by atoms with Gasteiger partial charge in [-0.2, -0.15) is 0 Å². The van der Waals surface area contributed by atoms with Gasteiger partial charge in [0, 0.05) is 13.5 Å². The van der Waals surface area contributed by atoms with E-state index in [1.54, 1.807) is 44.4 Å². The smallest absolute Gasteiger partial charge is 0.266 e. The van der Waals surface area contributed by atoms with Gasteiger partial charge in [-0.1, -0.05) is 77.8 Å². The van der Waals surface area contributed by atoms with E-state index in [9.17, 15) is 9.59 Å². The average Bonchev–Trinajstić information content (AvgIpc) is 2.93. The quantitative estimate of drug-likeness (QED) is 0.252. The van der Waals surface area contributed by atoms with Gasteiger partial charge < -0.3 is 14.8 Å². The van der Waals surface area contributed by atoms with Gasteiger partial charge in [0.05, 0.1) is 18.1 Å². The molecule has 29 heavy (non-hydrogen) atoms. The Kier molecular flexibility index (Phi) is 9.06. The summed E-state index contributed by atoms with van der Waals surface area (Å²) in [5, 5.41) is 2.51. The predicted molar refractivity (Wildman–Crippen MR) is 121 cm³/mol. The van der Waals surface area contributed by atoms with Crippen molar-refractivity contribution in [1.29, 1.82) is 0 Å². The van der Waals surface area contributed by atoms with Crippen LogP contribution < -0.4 is 10.1 Å². The van der Waals surface area contributed by atoms with Crippen LogP contribution in [0.3, 0.4) is 0 Å². The second kappa shape index (κ2) is 10.8. The van der Waals surface area contributed by atoms with Crippen molar-refractivity contribution in [3.05, 3.63) is 34.7 Å². The Morgan fingerprint density at radius 3 is 2.55 bits per heavy atom. The molecular weight excluding hydrogens is 479 g/mol. The van der Waals surface area contributed by atoms with E-state index in [1.165, 1.54) is 16.7 Å². The van der Waals surface area contributed by atoms with Gasteiger partial charge in [0.25, 0.3) is 5.91 Å². The van der Waals surface area contributed by atoms with Gasteiger partial charge in [0.15, 0.2) is 0 Å². The summed E-state index contributed by atoms with van der Waals surface area (Å²) in [7, 11) is 1.57. The molecule has 1 heterocycles. The first kappa shape index (κ1) is 24.2. The summed E-state index contributed by atoms with van der Waals surface area (Å²) in [5.41, 5.74) is 0.771. The minimum Gasteiger partial charge on any atom is -0.466 e. The number of methoxy groups -OCH3 is 1. The zero-order chi connectivity index (χ0) is 21.6. The van der Waals surface area contributed by atoms with Crippen molar-refractivity contribution in [1.82, 2.24) is 10.2 Å². The van der Waals surface area contributed by atoms with E-state index < -0.39 is 10.0 Å². The third-order valence-electron chi connectivity index (χ3n) is 3.73. The number of hydrogen-bond donors (Lipinski definition) is 1. The Morgan fingerprint density at radius 1 is 1.34 bits per heavy atom. The third-order valence-corrected chi connectivity index (χ3v) is 5.71. The molecular formula is C18H19Cl3N2O4S2. The molecule has 0 bridgehead atoms. The number of carbonyl (C=O) groups excluding carboxylic acids is 2. The summed E-state index contributed by atoms with van der Waals surface area (Å²) in [4.78, 5) is 26.1. The molecule has 2 amide bonds. The molecule has 1 aromatic carbocycles. The van der Waals surface area contributed by atoms with Crippen LogP contribution in [0, 0.1) is 0 Å². The number of benzene rings is 1. The number of halogens is 3. The number of nitrogens with zero attached hydrogens (tertiary/aromatic N) is 1. The van der Waals surface area contributed by atoms with Crippen molar-refractivity contribution in [3.63, 3.8) is 0 Å². The fraction of sp³-hybridized carbons (Fsp3) is 0.389. The third kappa shape index (κ3) is 7.01. The maximum absolute atomic E-state index is 12.5. The normalized spacial score (nSPS) is 17.0. The van der Waals surface area contributed by atoms with E-state index in [0.717, 1.165) is 5.56 Å². The van der Waals surface area contributed by atoms with Crippen molar-refractivity contribution in [2.24, 2.45) is 0 Å². The first-order valence-corrected chi connectivity index (χ1v) is 10.9. The molecule has 0 aromatic heterocycles. The lowest BCUT2D eigenvalue weighted by Crippen LogP contribution is -2.47. The predicted octanol–water partition coefficient (Wildman–Crippen LogP) is 4.14. The zero-order valence-corrected chi connectivity index (χ0v) is 19.5. The number of carbonyl (C=O) groups is 2. The highest BCUT2D eigenvalue weighted by atomic mass is 35.6. The number of amides is 2. The van der Waals surface area contributed by atoms with Gasteiger partial charge in [0.2, 0.25) is 15.9 Å². The molecule has 1 saturated heterocycles. The summed E-state index contributed by atoms with van der Waals surface area (Å²) in [6.07, 6.45) is 0.811. The van der Waals surface area contributed by atoms with Crippen LogP contribution in [-0.2, 0) is 14.3 Å². The molecule has 1 aliphatic rings. The van der Waals surface area contributed by atoms with E-state index in [0.29, 0.717) is 28.1 Å². The molecule has 158 valence electrons. The van der Waals surface area contributed by atoms with Crippen molar-refractivity contribution in [2.45, 2.75) is 23.4 Å². The number of rotatable bonds is 8. The minimum atomic E-state index is -1.85. The Morgan fingerprint density at radius 2 is 2.00 bits per heavy atom. The summed E-state index contributed by atoms with van der Waals surface area (Å²) in [6.45, 7) is 2.50. The molecule has 6 nitrogen and oxygen atoms in total. The van der Waals surface area contributed by atoms with E-state index in [4.69, 9.17) is 56.5 Å². The fourth-order valence-corrected chi connectivity index (χ4v) is 3.84. The highest BCUT2D eigenvalue weighted by Gasteiger charge is 2.36. The number of thioether (sulfide) groups is 1. The zero-order valence-electron chi connectivity index (χ0n) is 15.6. The standard InChI is InChI=1S/C18H19Cl3N2O4S2/c1-3-14(24)22-16(18(19,20)21)27-12-6-4-11(5-7-12)10-13-15(25)23(8-9-26-2)17(28)29-13/h4-7,10,16H,3,8-9H2,1-2H3,(H,22,24)/b13-10-. The van der Waals surface area contributed by atoms with E-state index in [-0.39, 0.29) is 18.2 Å². The molecule has 0 spiro atoms. The SMILES string of the molecule is CCC(=O)NC(Oc1ccc(/C=C2\SC(=S)N(CCOC)C2=O)cc1)C(Cl)(Cl)Cl. The first-order chi connectivity index (χ1) is 13.7. The Hall–Kier alpha value is -1.03. The molecule has 1 N–H and O–H groups in total. The molecule has 0 radical (unpaired) electrons. The van der Waals surface area contributed by atoms with Crippen LogP contribution in [0.5, 0.6) is 5.75 Å². The van der Waals surface area contributed by atoms with Gasteiger partial charge in [-0.25, -0.2) is 0 Å². The molecule has 2 rings (SSSR count). The van der Waals surface area contributed by atoms with Crippen LogP contribution in [0.4, 0.5) is 0 Å². The van der Waals surface area contributed by atoms with Crippen LogP contribution in [0.25, 0.3) is 6.08 Å². The lowest BCUT2D eigenvalue weighted by atomic mass is 10.2. The molecule has 1 unspecified atom stereocenters. The lowest BCUT2D eigenvalue weighted by molar-refractivity contribution is -0.123. The number of hydrogen-bond acceptors (Lipinski definition) is 6. The van der Waals surface area contributed by atoms with Crippen molar-refractivity contribution in [3.8, 4) is 5.75 Å². The highest BCUT2D eigenvalue weighted by Crippen LogP contribution is 2.34. The van der Waals surface area contributed by atoms with E-state index in [1.807, 2.05) is 0 Å². The van der Waals surface area contributed by atoms with E-state index in [2.05, 4.69) is 5.32 Å². The lowest BCUT2D eigenvalue weighted by Gasteiger charge is -2.26. The number of thiocarbonyl (C=S) groups is 1. The largest absolute Gasteiger partial charge is 0.466 e. The van der Waals surface area contributed by atoms with Crippen LogP contribution >= 0.6 is 58.8 Å². The van der Waals surface area contributed by atoms with Gasteiger partial charge >= 0.3 is 0 Å². The summed E-state index contributed by atoms with van der Waals surface area (Å²) < 4.78 is 9.26. The van der Waals surface area contributed by atoms with Crippen LogP contribution in [0.1, 0.15) is 18.9 Å². The molecule has 1 aliphatic heterocycles. The van der Waals surface area contributed by atoms with Crippen molar-refractivity contribution < 1.29 is 19.1 Å². The average molecular weight is 498 g/mol. The molecule has 1 fully saturated rings. The van der Waals surface area contributed by atoms with Crippen molar-refractivity contribution in [2.75, 3.05) is 20.3 Å². The number of alkyl halides is 3. The second-order valence-electron chi connectivity index (χ2n) is 5.86. The summed E-state index contributed by atoms with van der Waals surface area (Å²) in [5.74, 6) is -0.0770. The van der Waals surface area contributed by atoms with Crippen molar-refractivity contribution >= 4 is 81.0 Å².